The first-order chi connectivity index (χ1) is 9.13. The van der Waals surface area contributed by atoms with E-state index in [1.807, 2.05) is 37.3 Å². The van der Waals surface area contributed by atoms with Gasteiger partial charge in [0.1, 0.15) is 0 Å². The monoisotopic (exact) mass is 281 g/mol. The molecule has 0 bridgehead atoms. The van der Waals surface area contributed by atoms with E-state index in [9.17, 15) is 9.90 Å². The molecule has 0 saturated carbocycles. The van der Waals surface area contributed by atoms with Crippen LogP contribution in [0.25, 0.3) is 0 Å². The van der Waals surface area contributed by atoms with Crippen LogP contribution in [0.4, 0.5) is 0 Å². The zero-order valence-electron chi connectivity index (χ0n) is 11.6. The maximum absolute atomic E-state index is 11.6. The van der Waals surface area contributed by atoms with E-state index in [0.29, 0.717) is 11.5 Å². The number of carbonyl (C=O) groups excluding carboxylic acids is 1. The number of aliphatic hydroxyl groups excluding tert-OH is 1. The maximum Gasteiger partial charge on any atom is 0.230 e. The van der Waals surface area contributed by atoms with Crippen LogP contribution in [0.5, 0.6) is 0 Å². The Hall–Kier alpha value is -1.00. The highest BCUT2D eigenvalue weighted by atomic mass is 32.2. The van der Waals surface area contributed by atoms with Crippen LogP contribution in [-0.4, -0.2) is 28.6 Å². The number of nitrogens with one attached hydrogen (secondary N) is 1. The van der Waals surface area contributed by atoms with Gasteiger partial charge in [-0.3, -0.25) is 4.79 Å². The highest BCUT2D eigenvalue weighted by molar-refractivity contribution is 7.99. The fourth-order valence-corrected chi connectivity index (χ4v) is 2.66. The van der Waals surface area contributed by atoms with E-state index in [0.717, 1.165) is 18.4 Å². The van der Waals surface area contributed by atoms with E-state index in [-0.39, 0.29) is 11.9 Å². The lowest BCUT2D eigenvalue weighted by Crippen LogP contribution is -2.33. The topological polar surface area (TPSA) is 49.3 Å². The van der Waals surface area contributed by atoms with Crippen molar-refractivity contribution >= 4 is 17.7 Å². The summed E-state index contributed by atoms with van der Waals surface area (Å²) in [5, 5.41) is 12.9. The van der Waals surface area contributed by atoms with E-state index in [4.69, 9.17) is 0 Å². The Balaban J connectivity index is 2.21. The van der Waals surface area contributed by atoms with Crippen LogP contribution >= 0.6 is 11.8 Å². The van der Waals surface area contributed by atoms with Gasteiger partial charge in [0.2, 0.25) is 5.91 Å². The van der Waals surface area contributed by atoms with Gasteiger partial charge >= 0.3 is 0 Å². The van der Waals surface area contributed by atoms with Crippen LogP contribution in [-0.2, 0) is 4.79 Å². The number of aliphatic hydroxyl groups is 1. The Kier molecular flexibility index (Phi) is 7.60. The molecule has 0 heterocycles. The van der Waals surface area contributed by atoms with Gasteiger partial charge in [-0.25, -0.2) is 0 Å². The minimum atomic E-state index is -0.507. The third-order valence-corrected chi connectivity index (χ3v) is 3.84. The summed E-state index contributed by atoms with van der Waals surface area (Å²) < 4.78 is 0. The SMILES string of the molecule is CCCC(C)NC(=O)CSCC(O)c1ccccc1. The molecule has 4 heteroatoms. The van der Waals surface area contributed by atoms with Crippen molar-refractivity contribution < 1.29 is 9.90 Å². The van der Waals surface area contributed by atoms with Gasteiger partial charge in [0.15, 0.2) is 0 Å². The predicted octanol–water partition coefficient (Wildman–Crippen LogP) is 2.76. The summed E-state index contributed by atoms with van der Waals surface area (Å²) in [5.41, 5.74) is 0.898. The lowest BCUT2D eigenvalue weighted by Gasteiger charge is -2.13. The van der Waals surface area contributed by atoms with Gasteiger partial charge in [0, 0.05) is 11.8 Å². The lowest BCUT2D eigenvalue weighted by atomic mass is 10.1. The average Bonchev–Trinajstić information content (AvgIpc) is 2.39. The molecular formula is C15H23NO2S. The van der Waals surface area contributed by atoms with Crippen LogP contribution < -0.4 is 5.32 Å². The highest BCUT2D eigenvalue weighted by Gasteiger charge is 2.10. The third kappa shape index (κ3) is 6.64. The van der Waals surface area contributed by atoms with E-state index < -0.39 is 6.10 Å². The van der Waals surface area contributed by atoms with Gasteiger partial charge in [-0.05, 0) is 18.9 Å². The molecule has 0 aliphatic carbocycles. The van der Waals surface area contributed by atoms with Crippen molar-refractivity contribution in [1.29, 1.82) is 0 Å². The minimum absolute atomic E-state index is 0.0474. The van der Waals surface area contributed by atoms with Gasteiger partial charge < -0.3 is 10.4 Å². The zero-order valence-corrected chi connectivity index (χ0v) is 12.5. The molecule has 0 aromatic heterocycles. The van der Waals surface area contributed by atoms with Gasteiger partial charge in [0.05, 0.1) is 11.9 Å². The van der Waals surface area contributed by atoms with Crippen LogP contribution in [0.1, 0.15) is 38.4 Å². The second-order valence-corrected chi connectivity index (χ2v) is 5.73. The maximum atomic E-state index is 11.6. The predicted molar refractivity (Wildman–Crippen MR) is 81.2 cm³/mol. The van der Waals surface area contributed by atoms with E-state index in [1.165, 1.54) is 11.8 Å². The molecule has 1 aromatic rings. The Morgan fingerprint density at radius 1 is 1.37 bits per heavy atom. The summed E-state index contributed by atoms with van der Waals surface area (Å²) in [6.45, 7) is 4.12. The van der Waals surface area contributed by atoms with Crippen molar-refractivity contribution in [1.82, 2.24) is 5.32 Å². The molecule has 2 unspecified atom stereocenters. The average molecular weight is 281 g/mol. The van der Waals surface area contributed by atoms with Crippen molar-refractivity contribution in [3.63, 3.8) is 0 Å². The van der Waals surface area contributed by atoms with Crippen LogP contribution in [0.2, 0.25) is 0 Å². The molecule has 0 fully saturated rings. The highest BCUT2D eigenvalue weighted by Crippen LogP contribution is 2.17. The van der Waals surface area contributed by atoms with Gasteiger partial charge in [0.25, 0.3) is 0 Å². The van der Waals surface area contributed by atoms with Crippen molar-refractivity contribution in [3.05, 3.63) is 35.9 Å². The first-order valence-electron chi connectivity index (χ1n) is 6.73. The molecule has 0 spiro atoms. The van der Waals surface area contributed by atoms with E-state index in [1.54, 1.807) is 0 Å². The first-order valence-corrected chi connectivity index (χ1v) is 7.89. The molecule has 0 aliphatic rings. The number of amides is 1. The molecule has 0 radical (unpaired) electrons. The summed E-state index contributed by atoms with van der Waals surface area (Å²) in [6.07, 6.45) is 1.57. The zero-order chi connectivity index (χ0) is 14.1. The van der Waals surface area contributed by atoms with Gasteiger partial charge in [-0.2, -0.15) is 0 Å². The summed E-state index contributed by atoms with van der Waals surface area (Å²) in [6, 6.07) is 9.76. The largest absolute Gasteiger partial charge is 0.388 e. The number of carbonyl (C=O) groups is 1. The molecule has 106 valence electrons. The molecule has 2 atom stereocenters. The Labute approximate surface area is 119 Å². The fourth-order valence-electron chi connectivity index (χ4n) is 1.86. The number of thioether (sulfide) groups is 1. The van der Waals surface area contributed by atoms with Gasteiger partial charge in [-0.1, -0.05) is 43.7 Å². The van der Waals surface area contributed by atoms with Crippen molar-refractivity contribution in [2.24, 2.45) is 0 Å². The van der Waals surface area contributed by atoms with Crippen LogP contribution in [0.15, 0.2) is 30.3 Å². The molecule has 1 amide bonds. The molecule has 3 nitrogen and oxygen atoms in total. The molecule has 1 aromatic carbocycles. The van der Waals surface area contributed by atoms with Crippen molar-refractivity contribution in [3.8, 4) is 0 Å². The first kappa shape index (κ1) is 16.1. The number of rotatable bonds is 8. The molecule has 19 heavy (non-hydrogen) atoms. The number of benzene rings is 1. The Morgan fingerprint density at radius 3 is 2.68 bits per heavy atom. The Morgan fingerprint density at radius 2 is 2.05 bits per heavy atom. The van der Waals surface area contributed by atoms with Crippen molar-refractivity contribution in [2.45, 2.75) is 38.8 Å². The molecule has 0 saturated heterocycles. The van der Waals surface area contributed by atoms with Gasteiger partial charge in [-0.15, -0.1) is 11.8 Å². The molecular weight excluding hydrogens is 258 g/mol. The fraction of sp³-hybridized carbons (Fsp3) is 0.533. The quantitative estimate of drug-likeness (QED) is 0.770. The third-order valence-electron chi connectivity index (χ3n) is 2.82. The normalized spacial score (nSPS) is 13.8. The Bertz CT molecular complexity index is 370. The van der Waals surface area contributed by atoms with E-state index >= 15 is 0 Å². The standard InChI is InChI=1S/C15H23NO2S/c1-3-7-12(2)16-15(18)11-19-10-14(17)13-8-5-4-6-9-13/h4-6,8-9,12,14,17H,3,7,10-11H2,1-2H3,(H,16,18). The lowest BCUT2D eigenvalue weighted by molar-refractivity contribution is -0.119. The van der Waals surface area contributed by atoms with Crippen molar-refractivity contribution in [2.75, 3.05) is 11.5 Å². The summed E-state index contributed by atoms with van der Waals surface area (Å²) in [7, 11) is 0. The minimum Gasteiger partial charge on any atom is -0.388 e. The smallest absolute Gasteiger partial charge is 0.230 e. The molecule has 1 rings (SSSR count). The van der Waals surface area contributed by atoms with Crippen LogP contribution in [0.3, 0.4) is 0 Å². The number of hydrogen-bond acceptors (Lipinski definition) is 3. The second-order valence-electron chi connectivity index (χ2n) is 4.70. The van der Waals surface area contributed by atoms with E-state index in [2.05, 4.69) is 12.2 Å². The summed E-state index contributed by atoms with van der Waals surface area (Å²) >= 11 is 1.46. The summed E-state index contributed by atoms with van der Waals surface area (Å²) in [4.78, 5) is 11.6. The van der Waals surface area contributed by atoms with Crippen LogP contribution in [0, 0.1) is 0 Å². The molecule has 2 N–H and O–H groups in total. The second kappa shape index (κ2) is 8.99. The number of hydrogen-bond donors (Lipinski definition) is 2. The summed E-state index contributed by atoms with van der Waals surface area (Å²) in [5.74, 6) is 0.989. The molecule has 0 aliphatic heterocycles.